The fourth-order valence-corrected chi connectivity index (χ4v) is 4.60. The van der Waals surface area contributed by atoms with E-state index in [9.17, 15) is 0 Å². The van der Waals surface area contributed by atoms with Crippen LogP contribution in [0, 0.1) is 0 Å². The largest absolute Gasteiger partial charge is 0.278 e. The Morgan fingerprint density at radius 2 is 1.58 bits per heavy atom. The Morgan fingerprint density at radius 3 is 2.19 bits per heavy atom. The van der Waals surface area contributed by atoms with Crippen molar-refractivity contribution in [2.45, 2.75) is 11.8 Å². The number of hydrogen-bond acceptors (Lipinski definition) is 3. The SMILES string of the molecule is C1=CC(c2ccccc2)(c2ccccc2)CC2=C1C(c1cscn1)=NC2. The van der Waals surface area contributed by atoms with Crippen molar-refractivity contribution in [3.63, 3.8) is 0 Å². The minimum atomic E-state index is -0.131. The van der Waals surface area contributed by atoms with Gasteiger partial charge in [0, 0.05) is 16.4 Å². The first-order valence-corrected chi connectivity index (χ1v) is 9.77. The molecule has 0 spiro atoms. The predicted octanol–water partition coefficient (Wildman–Crippen LogP) is 5.19. The predicted molar refractivity (Wildman–Crippen MR) is 108 cm³/mol. The highest BCUT2D eigenvalue weighted by Crippen LogP contribution is 2.44. The second kappa shape index (κ2) is 6.19. The molecule has 0 atom stereocenters. The average molecular weight is 354 g/mol. The zero-order valence-corrected chi connectivity index (χ0v) is 15.1. The quantitative estimate of drug-likeness (QED) is 0.635. The van der Waals surface area contributed by atoms with Crippen LogP contribution in [-0.4, -0.2) is 17.2 Å². The first-order chi connectivity index (χ1) is 12.9. The molecule has 5 rings (SSSR count). The van der Waals surface area contributed by atoms with E-state index in [4.69, 9.17) is 4.99 Å². The van der Waals surface area contributed by atoms with Gasteiger partial charge in [-0.3, -0.25) is 4.99 Å². The zero-order chi connectivity index (χ0) is 17.4. The molecule has 0 fully saturated rings. The van der Waals surface area contributed by atoms with Gasteiger partial charge in [0.1, 0.15) is 0 Å². The second-order valence-electron chi connectivity index (χ2n) is 6.77. The first-order valence-electron chi connectivity index (χ1n) is 8.82. The van der Waals surface area contributed by atoms with Gasteiger partial charge in [0.2, 0.25) is 0 Å². The molecule has 26 heavy (non-hydrogen) atoms. The lowest BCUT2D eigenvalue weighted by molar-refractivity contribution is 0.620. The van der Waals surface area contributed by atoms with Gasteiger partial charge in [-0.05, 0) is 23.1 Å². The maximum absolute atomic E-state index is 4.81. The van der Waals surface area contributed by atoms with Gasteiger partial charge in [0.05, 0.1) is 23.5 Å². The minimum Gasteiger partial charge on any atom is -0.278 e. The van der Waals surface area contributed by atoms with E-state index in [1.54, 1.807) is 11.3 Å². The summed E-state index contributed by atoms with van der Waals surface area (Å²) in [6, 6.07) is 21.6. The van der Waals surface area contributed by atoms with Crippen LogP contribution < -0.4 is 0 Å². The number of allylic oxidation sites excluding steroid dienone is 3. The van der Waals surface area contributed by atoms with E-state index in [1.807, 2.05) is 5.51 Å². The topological polar surface area (TPSA) is 25.2 Å². The van der Waals surface area contributed by atoms with Crippen molar-refractivity contribution in [1.29, 1.82) is 0 Å². The molecule has 126 valence electrons. The Hall–Kier alpha value is -2.78. The monoisotopic (exact) mass is 354 g/mol. The van der Waals surface area contributed by atoms with Gasteiger partial charge in [-0.25, -0.2) is 4.98 Å². The normalized spacial score (nSPS) is 17.9. The van der Waals surface area contributed by atoms with E-state index in [0.717, 1.165) is 24.4 Å². The molecule has 0 saturated carbocycles. The van der Waals surface area contributed by atoms with Crippen molar-refractivity contribution in [1.82, 2.24) is 4.98 Å². The summed E-state index contributed by atoms with van der Waals surface area (Å²) >= 11 is 1.62. The second-order valence-corrected chi connectivity index (χ2v) is 7.49. The molecule has 1 aliphatic carbocycles. The number of benzene rings is 2. The molecule has 0 saturated heterocycles. The van der Waals surface area contributed by atoms with Crippen LogP contribution in [-0.2, 0) is 5.41 Å². The Morgan fingerprint density at radius 1 is 0.885 bits per heavy atom. The number of aromatic nitrogens is 1. The van der Waals surface area contributed by atoms with Crippen LogP contribution in [0.4, 0.5) is 0 Å². The molecule has 0 bridgehead atoms. The lowest BCUT2D eigenvalue weighted by Gasteiger charge is -2.35. The van der Waals surface area contributed by atoms with E-state index in [1.165, 1.54) is 22.3 Å². The molecular formula is C23H18N2S. The Kier molecular flexibility index (Phi) is 3.68. The molecule has 3 aromatic rings. The number of rotatable bonds is 3. The molecule has 1 aliphatic heterocycles. The molecule has 2 aliphatic rings. The van der Waals surface area contributed by atoms with Crippen molar-refractivity contribution >= 4 is 17.0 Å². The summed E-state index contributed by atoms with van der Waals surface area (Å²) in [5.41, 5.74) is 9.12. The fourth-order valence-electron chi connectivity index (χ4n) is 4.06. The van der Waals surface area contributed by atoms with Gasteiger partial charge in [-0.1, -0.05) is 72.8 Å². The van der Waals surface area contributed by atoms with Gasteiger partial charge >= 0.3 is 0 Å². The van der Waals surface area contributed by atoms with Crippen LogP contribution >= 0.6 is 11.3 Å². The maximum Gasteiger partial charge on any atom is 0.0997 e. The van der Waals surface area contributed by atoms with E-state index in [2.05, 4.69) is 83.2 Å². The smallest absolute Gasteiger partial charge is 0.0997 e. The molecule has 3 heteroatoms. The summed E-state index contributed by atoms with van der Waals surface area (Å²) in [4.78, 5) is 9.27. The highest BCUT2D eigenvalue weighted by Gasteiger charge is 2.37. The number of nitrogens with zero attached hydrogens (tertiary/aromatic N) is 2. The van der Waals surface area contributed by atoms with Gasteiger partial charge in [0.25, 0.3) is 0 Å². The number of hydrogen-bond donors (Lipinski definition) is 0. The summed E-state index contributed by atoms with van der Waals surface area (Å²) in [5.74, 6) is 0. The molecular weight excluding hydrogens is 336 g/mol. The minimum absolute atomic E-state index is 0.131. The van der Waals surface area contributed by atoms with E-state index in [0.29, 0.717) is 0 Å². The van der Waals surface area contributed by atoms with E-state index < -0.39 is 0 Å². The molecule has 2 heterocycles. The molecule has 0 radical (unpaired) electrons. The first kappa shape index (κ1) is 15.5. The van der Waals surface area contributed by atoms with Gasteiger partial charge in [0.15, 0.2) is 0 Å². The molecule has 0 N–H and O–H groups in total. The Bertz CT molecular complexity index is 973. The highest BCUT2D eigenvalue weighted by molar-refractivity contribution is 7.07. The number of thiazole rings is 1. The summed E-state index contributed by atoms with van der Waals surface area (Å²) < 4.78 is 0. The van der Waals surface area contributed by atoms with Crippen molar-refractivity contribution in [3.8, 4) is 0 Å². The summed E-state index contributed by atoms with van der Waals surface area (Å²) in [6.07, 6.45) is 5.59. The third-order valence-corrected chi connectivity index (χ3v) is 5.93. The Labute approximate surface area is 157 Å². The number of aliphatic imine (C=N–C) groups is 1. The van der Waals surface area contributed by atoms with Crippen molar-refractivity contribution < 1.29 is 0 Å². The van der Waals surface area contributed by atoms with E-state index >= 15 is 0 Å². The molecule has 2 aromatic carbocycles. The van der Waals surface area contributed by atoms with Crippen LogP contribution in [0.3, 0.4) is 0 Å². The van der Waals surface area contributed by atoms with Gasteiger partial charge < -0.3 is 0 Å². The fraction of sp³-hybridized carbons (Fsp3) is 0.130. The third kappa shape index (κ3) is 2.39. The summed E-state index contributed by atoms with van der Waals surface area (Å²) in [5, 5.41) is 2.08. The molecule has 0 unspecified atom stereocenters. The van der Waals surface area contributed by atoms with Gasteiger partial charge in [-0.15, -0.1) is 11.3 Å². The zero-order valence-electron chi connectivity index (χ0n) is 14.3. The lowest BCUT2D eigenvalue weighted by Crippen LogP contribution is -2.29. The van der Waals surface area contributed by atoms with Crippen LogP contribution in [0.5, 0.6) is 0 Å². The van der Waals surface area contributed by atoms with Crippen molar-refractivity contribution in [3.05, 3.63) is 112 Å². The third-order valence-electron chi connectivity index (χ3n) is 5.34. The summed E-state index contributed by atoms with van der Waals surface area (Å²) in [7, 11) is 0. The molecule has 1 aromatic heterocycles. The molecule has 0 amide bonds. The summed E-state index contributed by atoms with van der Waals surface area (Å²) in [6.45, 7) is 0.772. The maximum atomic E-state index is 4.81. The van der Waals surface area contributed by atoms with Crippen molar-refractivity contribution in [2.24, 2.45) is 4.99 Å². The van der Waals surface area contributed by atoms with Crippen LogP contribution in [0.15, 0.2) is 99.8 Å². The highest BCUT2D eigenvalue weighted by atomic mass is 32.1. The average Bonchev–Trinajstić information content (AvgIpc) is 3.38. The standard InChI is InChI=1S/C23H18N2S/c1-3-7-18(8-4-1)23(19-9-5-2-6-10-19)12-11-20-17(13-23)14-24-22(20)21-15-26-16-25-21/h1-12,15-16H,13-14H2. The van der Waals surface area contributed by atoms with Crippen LogP contribution in [0.2, 0.25) is 0 Å². The van der Waals surface area contributed by atoms with Crippen LogP contribution in [0.1, 0.15) is 23.2 Å². The lowest BCUT2D eigenvalue weighted by atomic mass is 9.67. The van der Waals surface area contributed by atoms with Crippen molar-refractivity contribution in [2.75, 3.05) is 6.54 Å². The Balaban J connectivity index is 1.61. The van der Waals surface area contributed by atoms with Crippen LogP contribution in [0.25, 0.3) is 0 Å². The molecule has 2 nitrogen and oxygen atoms in total. The van der Waals surface area contributed by atoms with Gasteiger partial charge in [-0.2, -0.15) is 0 Å². The van der Waals surface area contributed by atoms with E-state index in [-0.39, 0.29) is 5.41 Å².